The van der Waals surface area contributed by atoms with E-state index < -0.39 is 10.0 Å². The van der Waals surface area contributed by atoms with Crippen molar-refractivity contribution in [3.8, 4) is 0 Å². The highest BCUT2D eigenvalue weighted by atomic mass is 32.2. The number of rotatable bonds is 6. The smallest absolute Gasteiger partial charge is 0.216 e. The molecule has 0 bridgehead atoms. The Kier molecular flexibility index (Phi) is 4.04. The van der Waals surface area contributed by atoms with Crippen LogP contribution in [-0.2, 0) is 23.1 Å². The van der Waals surface area contributed by atoms with E-state index in [1.165, 1.54) is 26.7 Å². The van der Waals surface area contributed by atoms with Gasteiger partial charge in [-0.25, -0.2) is 13.1 Å². The third-order valence-electron chi connectivity index (χ3n) is 2.40. The second kappa shape index (κ2) is 5.55. The van der Waals surface area contributed by atoms with E-state index in [-0.39, 0.29) is 12.3 Å². The Morgan fingerprint density at radius 1 is 1.50 bits per heavy atom. The van der Waals surface area contributed by atoms with Gasteiger partial charge in [-0.3, -0.25) is 0 Å². The molecule has 0 spiro atoms. The minimum atomic E-state index is -3.29. The van der Waals surface area contributed by atoms with Crippen LogP contribution in [0.3, 0.4) is 0 Å². The quantitative estimate of drug-likeness (QED) is 0.758. The Hall–Kier alpha value is -1.32. The number of hydrogen-bond donors (Lipinski definition) is 0. The Morgan fingerprint density at radius 3 is 2.94 bits per heavy atom. The molecule has 7 nitrogen and oxygen atoms in total. The van der Waals surface area contributed by atoms with Crippen molar-refractivity contribution in [2.45, 2.75) is 13.1 Å². The van der Waals surface area contributed by atoms with Crippen molar-refractivity contribution in [1.29, 1.82) is 0 Å². The number of aromatic nitrogens is 4. The van der Waals surface area contributed by atoms with Gasteiger partial charge in [-0.05, 0) is 21.9 Å². The number of sulfonamides is 1. The van der Waals surface area contributed by atoms with Gasteiger partial charge in [-0.15, -0.1) is 16.4 Å². The summed E-state index contributed by atoms with van der Waals surface area (Å²) in [5.74, 6) is -0.0140. The lowest BCUT2D eigenvalue weighted by Crippen LogP contribution is -2.30. The van der Waals surface area contributed by atoms with Crippen LogP contribution in [0.15, 0.2) is 23.8 Å². The van der Waals surface area contributed by atoms with E-state index in [2.05, 4.69) is 15.5 Å². The molecule has 0 aromatic carbocycles. The number of tetrazole rings is 1. The van der Waals surface area contributed by atoms with Crippen LogP contribution >= 0.6 is 11.3 Å². The molecule has 0 radical (unpaired) electrons. The van der Waals surface area contributed by atoms with Crippen molar-refractivity contribution in [3.05, 3.63) is 28.7 Å². The van der Waals surface area contributed by atoms with Gasteiger partial charge in [0.15, 0.2) is 0 Å². The maximum Gasteiger partial charge on any atom is 0.216 e. The number of thiophene rings is 1. The van der Waals surface area contributed by atoms with Crippen molar-refractivity contribution in [1.82, 2.24) is 24.5 Å². The maximum absolute atomic E-state index is 12.0. The van der Waals surface area contributed by atoms with Crippen LogP contribution in [0.25, 0.3) is 0 Å². The van der Waals surface area contributed by atoms with Gasteiger partial charge in [0.05, 0.1) is 12.3 Å². The molecule has 0 unspecified atom stereocenters. The molecule has 2 rings (SSSR count). The lowest BCUT2D eigenvalue weighted by molar-refractivity contribution is 0.463. The zero-order chi connectivity index (χ0) is 13.0. The fourth-order valence-electron chi connectivity index (χ4n) is 1.37. The summed E-state index contributed by atoms with van der Waals surface area (Å²) in [5, 5.41) is 12.5. The molecule has 2 heterocycles. The minimum Gasteiger partial charge on any atom is -0.231 e. The van der Waals surface area contributed by atoms with Crippen molar-refractivity contribution >= 4 is 21.4 Å². The van der Waals surface area contributed by atoms with Crippen molar-refractivity contribution in [2.24, 2.45) is 0 Å². The second-order valence-electron chi connectivity index (χ2n) is 3.72. The SMILES string of the molecule is CN(Cc1cccs1)S(=O)(=O)CCn1cnnn1. The standard InChI is InChI=1S/C9H13N5O2S2/c1-13(7-9-3-2-5-17-9)18(15,16)6-4-14-8-10-11-12-14/h2-3,5,8H,4,6-7H2,1H3. The average Bonchev–Trinajstić information content (AvgIpc) is 2.99. The normalized spacial score (nSPS) is 12.1. The third kappa shape index (κ3) is 3.34. The highest BCUT2D eigenvalue weighted by Gasteiger charge is 2.18. The predicted octanol–water partition coefficient (Wildman–Crippen LogP) is 0.196. The summed E-state index contributed by atoms with van der Waals surface area (Å²) in [5.41, 5.74) is 0. The number of aryl methyl sites for hydroxylation is 1. The van der Waals surface area contributed by atoms with Crippen LogP contribution in [0.2, 0.25) is 0 Å². The molecule has 98 valence electrons. The van der Waals surface area contributed by atoms with Gasteiger partial charge in [0.25, 0.3) is 0 Å². The monoisotopic (exact) mass is 287 g/mol. The molecule has 0 atom stereocenters. The largest absolute Gasteiger partial charge is 0.231 e. The molecule has 0 aliphatic heterocycles. The van der Waals surface area contributed by atoms with Gasteiger partial charge in [-0.1, -0.05) is 6.07 Å². The van der Waals surface area contributed by atoms with Crippen LogP contribution in [0, 0.1) is 0 Å². The Bertz CT molecular complexity index is 564. The molecule has 0 N–H and O–H groups in total. The Balaban J connectivity index is 1.93. The van der Waals surface area contributed by atoms with E-state index in [0.717, 1.165) is 4.88 Å². The molecule has 0 aliphatic carbocycles. The van der Waals surface area contributed by atoms with E-state index in [1.807, 2.05) is 17.5 Å². The van der Waals surface area contributed by atoms with E-state index in [1.54, 1.807) is 7.05 Å². The highest BCUT2D eigenvalue weighted by molar-refractivity contribution is 7.89. The van der Waals surface area contributed by atoms with Gasteiger partial charge in [0, 0.05) is 18.5 Å². The minimum absolute atomic E-state index is 0.0140. The molecule has 0 saturated carbocycles. The fraction of sp³-hybridized carbons (Fsp3) is 0.444. The van der Waals surface area contributed by atoms with Gasteiger partial charge >= 0.3 is 0 Å². The molecule has 0 fully saturated rings. The summed E-state index contributed by atoms with van der Waals surface area (Å²) in [6.45, 7) is 0.653. The molecule has 0 amide bonds. The predicted molar refractivity (Wildman–Crippen MR) is 67.4 cm³/mol. The fourth-order valence-corrected chi connectivity index (χ4v) is 3.27. The maximum atomic E-state index is 12.0. The molecule has 2 aromatic rings. The molecule has 0 saturated heterocycles. The summed E-state index contributed by atoms with van der Waals surface area (Å²) < 4.78 is 26.8. The number of nitrogens with zero attached hydrogens (tertiary/aromatic N) is 5. The van der Waals surface area contributed by atoms with Crippen LogP contribution in [0.5, 0.6) is 0 Å². The summed E-state index contributed by atoms with van der Waals surface area (Å²) in [4.78, 5) is 1.02. The van der Waals surface area contributed by atoms with Crippen molar-refractivity contribution in [3.63, 3.8) is 0 Å². The lowest BCUT2D eigenvalue weighted by atomic mass is 10.5. The third-order valence-corrected chi connectivity index (χ3v) is 5.04. The Labute approximate surface area is 109 Å². The van der Waals surface area contributed by atoms with Crippen LogP contribution in [-0.4, -0.2) is 45.7 Å². The van der Waals surface area contributed by atoms with Gasteiger partial charge in [0.1, 0.15) is 6.33 Å². The molecule has 9 heteroatoms. The summed E-state index contributed by atoms with van der Waals surface area (Å²) in [6.07, 6.45) is 1.40. The van der Waals surface area contributed by atoms with Crippen molar-refractivity contribution < 1.29 is 8.42 Å². The zero-order valence-corrected chi connectivity index (χ0v) is 11.4. The van der Waals surface area contributed by atoms with Gasteiger partial charge in [-0.2, -0.15) is 4.31 Å². The molecule has 2 aromatic heterocycles. The zero-order valence-electron chi connectivity index (χ0n) is 9.80. The highest BCUT2D eigenvalue weighted by Crippen LogP contribution is 2.13. The van der Waals surface area contributed by atoms with Gasteiger partial charge < -0.3 is 0 Å². The Morgan fingerprint density at radius 2 is 2.33 bits per heavy atom. The van der Waals surface area contributed by atoms with Gasteiger partial charge in [0.2, 0.25) is 10.0 Å². The summed E-state index contributed by atoms with van der Waals surface area (Å²) >= 11 is 1.54. The van der Waals surface area contributed by atoms with Crippen LogP contribution in [0.1, 0.15) is 4.88 Å². The lowest BCUT2D eigenvalue weighted by Gasteiger charge is -2.15. The first-order chi connectivity index (χ1) is 8.58. The molecule has 18 heavy (non-hydrogen) atoms. The van der Waals surface area contributed by atoms with Crippen LogP contribution in [0.4, 0.5) is 0 Å². The first-order valence-corrected chi connectivity index (χ1v) is 7.74. The van der Waals surface area contributed by atoms with E-state index in [0.29, 0.717) is 6.54 Å². The van der Waals surface area contributed by atoms with Crippen molar-refractivity contribution in [2.75, 3.05) is 12.8 Å². The average molecular weight is 287 g/mol. The van der Waals surface area contributed by atoms with E-state index in [9.17, 15) is 8.42 Å². The van der Waals surface area contributed by atoms with E-state index in [4.69, 9.17) is 0 Å². The van der Waals surface area contributed by atoms with E-state index >= 15 is 0 Å². The molecular weight excluding hydrogens is 274 g/mol. The molecular formula is C9H13N5O2S2. The second-order valence-corrected chi connectivity index (χ2v) is 6.95. The first-order valence-electron chi connectivity index (χ1n) is 5.25. The van der Waals surface area contributed by atoms with Crippen LogP contribution < -0.4 is 0 Å². The summed E-state index contributed by atoms with van der Waals surface area (Å²) in [7, 11) is -1.71. The topological polar surface area (TPSA) is 81.0 Å². The molecule has 0 aliphatic rings. The number of hydrogen-bond acceptors (Lipinski definition) is 6. The first kappa shape index (κ1) is 13.1. The summed E-state index contributed by atoms with van der Waals surface area (Å²) in [6, 6.07) is 3.82.